The summed E-state index contributed by atoms with van der Waals surface area (Å²) in [6.45, 7) is 9.90. The zero-order chi connectivity index (χ0) is 33.7. The minimum Gasteiger partial charge on any atom is -0.480 e. The predicted octanol–water partition coefficient (Wildman–Crippen LogP) is 5.57. The molecule has 0 fully saturated rings. The maximum atomic E-state index is 13.9. The number of aromatic nitrogens is 4. The first-order valence-corrected chi connectivity index (χ1v) is 16.0. The topological polar surface area (TPSA) is 156 Å². The minimum absolute atomic E-state index is 0.0106. The van der Waals surface area contributed by atoms with Crippen molar-refractivity contribution in [3.8, 4) is 11.4 Å². The van der Waals surface area contributed by atoms with Crippen molar-refractivity contribution < 1.29 is 27.9 Å². The predicted molar refractivity (Wildman–Crippen MR) is 172 cm³/mol. The Morgan fingerprint density at radius 3 is 2.04 bits per heavy atom. The molecule has 1 unspecified atom stereocenters. The first kappa shape index (κ1) is 34.1. The Hall–Kier alpha value is -4.75. The highest BCUT2D eigenvalue weighted by Gasteiger charge is 2.42. The molecule has 0 aliphatic carbocycles. The van der Waals surface area contributed by atoms with E-state index in [2.05, 4.69) is 19.9 Å². The molecule has 3 aromatic heterocycles. The third kappa shape index (κ3) is 8.49. The Labute approximate surface area is 269 Å². The number of hydrogen-bond donors (Lipinski definition) is 1. The summed E-state index contributed by atoms with van der Waals surface area (Å²) < 4.78 is 34.6. The quantitative estimate of drug-likeness (QED) is 0.231. The number of nitrogens with zero attached hydrogens (tertiary/aromatic N) is 6. The molecule has 4 rings (SSSR count). The number of carbonyl (C=O) groups is 2. The average Bonchev–Trinajstić information content (AvgIpc) is 2.99. The van der Waals surface area contributed by atoms with Crippen LogP contribution in [-0.2, 0) is 32.6 Å². The molecule has 0 radical (unpaired) electrons. The summed E-state index contributed by atoms with van der Waals surface area (Å²) in [6, 6.07) is 16.9. The van der Waals surface area contributed by atoms with E-state index < -0.39 is 39.1 Å². The first-order chi connectivity index (χ1) is 21.6. The van der Waals surface area contributed by atoms with E-state index >= 15 is 0 Å². The molecule has 0 saturated carbocycles. The van der Waals surface area contributed by atoms with Gasteiger partial charge in [0, 0.05) is 30.7 Å². The maximum absolute atomic E-state index is 13.9. The van der Waals surface area contributed by atoms with Gasteiger partial charge in [0.2, 0.25) is 0 Å². The molecule has 0 aliphatic rings. The van der Waals surface area contributed by atoms with Crippen LogP contribution in [0.2, 0.25) is 0 Å². The molecule has 1 atom stereocenters. The van der Waals surface area contributed by atoms with Crippen molar-refractivity contribution in [1.82, 2.24) is 24.2 Å². The van der Waals surface area contributed by atoms with Crippen LogP contribution in [0.3, 0.4) is 0 Å². The van der Waals surface area contributed by atoms with Crippen LogP contribution in [0.1, 0.15) is 52.8 Å². The zero-order valence-electron chi connectivity index (χ0n) is 26.7. The van der Waals surface area contributed by atoms with E-state index in [1.807, 2.05) is 12.1 Å². The van der Waals surface area contributed by atoms with Crippen molar-refractivity contribution in [2.75, 3.05) is 4.90 Å². The van der Waals surface area contributed by atoms with E-state index in [1.165, 1.54) is 22.6 Å². The molecule has 4 aromatic rings. The first-order valence-electron chi connectivity index (χ1n) is 14.5. The summed E-state index contributed by atoms with van der Waals surface area (Å²) in [4.78, 5) is 44.2. The van der Waals surface area contributed by atoms with Gasteiger partial charge in [-0.2, -0.15) is 4.31 Å². The number of ether oxygens (including phenoxy) is 1. The van der Waals surface area contributed by atoms with Gasteiger partial charge in [0.1, 0.15) is 17.5 Å². The second-order valence-corrected chi connectivity index (χ2v) is 14.5. The summed E-state index contributed by atoms with van der Waals surface area (Å²) in [7, 11) is -4.13. The number of benzene rings is 1. The van der Waals surface area contributed by atoms with Crippen molar-refractivity contribution in [3.05, 3.63) is 96.6 Å². The van der Waals surface area contributed by atoms with E-state index in [1.54, 1.807) is 96.4 Å². The molecule has 0 spiro atoms. The van der Waals surface area contributed by atoms with Crippen LogP contribution in [0.4, 0.5) is 10.6 Å². The number of aliphatic carboxylic acids is 1. The normalized spacial score (nSPS) is 12.8. The van der Waals surface area contributed by atoms with Crippen molar-refractivity contribution in [3.63, 3.8) is 0 Å². The van der Waals surface area contributed by atoms with Gasteiger partial charge in [-0.05, 0) is 62.1 Å². The molecule has 13 heteroatoms. The number of carboxylic acids is 1. The average molecular weight is 647 g/mol. The number of pyridine rings is 2. The third-order valence-electron chi connectivity index (χ3n) is 6.66. The zero-order valence-corrected chi connectivity index (χ0v) is 27.5. The fraction of sp³-hybridized carbons (Fsp3) is 0.333. The minimum atomic E-state index is -4.13. The Morgan fingerprint density at radius 2 is 1.48 bits per heavy atom. The van der Waals surface area contributed by atoms with Crippen LogP contribution < -0.4 is 4.90 Å². The fourth-order valence-electron chi connectivity index (χ4n) is 4.65. The van der Waals surface area contributed by atoms with Crippen LogP contribution in [0, 0.1) is 5.41 Å². The summed E-state index contributed by atoms with van der Waals surface area (Å²) in [5, 5.41) is 10.1. The lowest BCUT2D eigenvalue weighted by molar-refractivity contribution is -0.141. The highest BCUT2D eigenvalue weighted by Crippen LogP contribution is 2.31. The SMILES string of the molecule is CC(C)(C)OC(=O)N(c1cccc(CN(Cc2ccc(-c3ncccn3)cc2)S(=O)(=O)c2ccccn2)n1)C(C(=O)O)C(C)(C)C. The standard InChI is InChI=1S/C33H38N6O6S/c1-32(2,3)28(30(40)41)39(31(42)45-33(4,5)6)26-12-9-11-25(37-26)22-38(46(43,44)27-13-7-8-18-34-27)21-23-14-16-24(17-15-23)29-35-19-10-20-36-29/h7-20,28H,21-22H2,1-6H3,(H,40,41). The van der Waals surface area contributed by atoms with Crippen LogP contribution in [0.15, 0.2) is 90.3 Å². The molecule has 1 aromatic carbocycles. The van der Waals surface area contributed by atoms with Crippen LogP contribution in [0.5, 0.6) is 0 Å². The Morgan fingerprint density at radius 1 is 0.826 bits per heavy atom. The lowest BCUT2D eigenvalue weighted by Crippen LogP contribution is -2.54. The monoisotopic (exact) mass is 646 g/mol. The highest BCUT2D eigenvalue weighted by atomic mass is 32.2. The molecule has 0 aliphatic heterocycles. The van der Waals surface area contributed by atoms with Gasteiger partial charge in [-0.3, -0.25) is 0 Å². The van der Waals surface area contributed by atoms with Crippen molar-refractivity contribution in [2.24, 2.45) is 5.41 Å². The number of anilines is 1. The smallest absolute Gasteiger partial charge is 0.416 e. The van der Waals surface area contributed by atoms with Gasteiger partial charge in [-0.15, -0.1) is 0 Å². The van der Waals surface area contributed by atoms with Crippen molar-refractivity contribution in [2.45, 2.75) is 71.3 Å². The molecule has 0 bridgehead atoms. The van der Waals surface area contributed by atoms with Crippen LogP contribution in [-0.4, -0.2) is 61.5 Å². The van der Waals surface area contributed by atoms with Gasteiger partial charge in [0.05, 0.1) is 12.2 Å². The van der Waals surface area contributed by atoms with Gasteiger partial charge in [0.15, 0.2) is 10.9 Å². The van der Waals surface area contributed by atoms with Gasteiger partial charge in [-0.1, -0.05) is 57.2 Å². The second kappa shape index (κ2) is 13.7. The van der Waals surface area contributed by atoms with Crippen LogP contribution >= 0.6 is 0 Å². The summed E-state index contributed by atoms with van der Waals surface area (Å²) in [5.41, 5.74) is -0.0933. The van der Waals surface area contributed by atoms with E-state index in [4.69, 9.17) is 4.74 Å². The van der Waals surface area contributed by atoms with Gasteiger partial charge in [0.25, 0.3) is 10.0 Å². The maximum Gasteiger partial charge on any atom is 0.416 e. The third-order valence-corrected chi connectivity index (χ3v) is 8.37. The van der Waals surface area contributed by atoms with Crippen molar-refractivity contribution in [1.29, 1.82) is 0 Å². The number of sulfonamides is 1. The molecule has 1 amide bonds. The lowest BCUT2D eigenvalue weighted by atomic mass is 9.85. The molecular formula is C33H38N6O6S. The number of carboxylic acid groups (broad SMARTS) is 1. The summed E-state index contributed by atoms with van der Waals surface area (Å²) >= 11 is 0. The molecule has 1 N–H and O–H groups in total. The molecule has 0 saturated heterocycles. The summed E-state index contributed by atoms with van der Waals surface area (Å²) in [5.74, 6) is -0.691. The molecule has 242 valence electrons. The van der Waals surface area contributed by atoms with Gasteiger partial charge < -0.3 is 9.84 Å². The van der Waals surface area contributed by atoms with E-state index in [0.717, 1.165) is 10.5 Å². The lowest BCUT2D eigenvalue weighted by Gasteiger charge is -2.37. The number of amides is 1. The summed E-state index contributed by atoms with van der Waals surface area (Å²) in [6.07, 6.45) is 3.79. The Balaban J connectivity index is 1.74. The van der Waals surface area contributed by atoms with E-state index in [-0.39, 0.29) is 29.6 Å². The molecule has 46 heavy (non-hydrogen) atoms. The highest BCUT2D eigenvalue weighted by molar-refractivity contribution is 7.89. The van der Waals surface area contributed by atoms with E-state index in [0.29, 0.717) is 11.4 Å². The molecular weight excluding hydrogens is 608 g/mol. The number of hydrogen-bond acceptors (Lipinski definition) is 9. The van der Waals surface area contributed by atoms with Crippen molar-refractivity contribution >= 4 is 27.9 Å². The number of rotatable bonds is 10. The van der Waals surface area contributed by atoms with Gasteiger partial charge >= 0.3 is 12.1 Å². The Bertz CT molecular complexity index is 1760. The largest absolute Gasteiger partial charge is 0.480 e. The Kier molecular flexibility index (Phi) is 10.2. The van der Waals surface area contributed by atoms with Crippen LogP contribution in [0.25, 0.3) is 11.4 Å². The number of carbonyl (C=O) groups excluding carboxylic acids is 1. The molecule has 3 heterocycles. The molecule has 12 nitrogen and oxygen atoms in total. The van der Waals surface area contributed by atoms with E-state index in [9.17, 15) is 23.1 Å². The second-order valence-electron chi connectivity index (χ2n) is 12.7. The fourth-order valence-corrected chi connectivity index (χ4v) is 5.98. The van der Waals surface area contributed by atoms with Gasteiger partial charge in [-0.25, -0.2) is 42.8 Å².